The quantitative estimate of drug-likeness (QED) is 0.873. The van der Waals surface area contributed by atoms with Crippen LogP contribution in [0.4, 0.5) is 0 Å². The summed E-state index contributed by atoms with van der Waals surface area (Å²) >= 11 is 3.28. The van der Waals surface area contributed by atoms with Crippen LogP contribution in [0.25, 0.3) is 0 Å². The van der Waals surface area contributed by atoms with Gasteiger partial charge in [-0.3, -0.25) is 0 Å². The molecular formula is C11H13BrO2. The summed E-state index contributed by atoms with van der Waals surface area (Å²) < 4.78 is 0.726. The molecule has 14 heavy (non-hydrogen) atoms. The molecular weight excluding hydrogens is 244 g/mol. The summed E-state index contributed by atoms with van der Waals surface area (Å²) in [7, 11) is 0. The Kier molecular flexibility index (Phi) is 2.54. The topological polar surface area (TPSA) is 40.5 Å². The second kappa shape index (κ2) is 3.55. The van der Waals surface area contributed by atoms with Gasteiger partial charge in [0.2, 0.25) is 0 Å². The van der Waals surface area contributed by atoms with E-state index in [0.29, 0.717) is 0 Å². The Morgan fingerprint density at radius 1 is 1.36 bits per heavy atom. The summed E-state index contributed by atoms with van der Waals surface area (Å²) in [6.45, 7) is 0.269. The maximum absolute atomic E-state index is 9.32. The minimum Gasteiger partial charge on any atom is -0.507 e. The molecule has 1 aliphatic carbocycles. The first-order valence-electron chi connectivity index (χ1n) is 4.73. The summed E-state index contributed by atoms with van der Waals surface area (Å²) in [6, 6.07) is 5.52. The van der Waals surface area contributed by atoms with Crippen molar-refractivity contribution in [3.05, 3.63) is 28.2 Å². The van der Waals surface area contributed by atoms with Gasteiger partial charge in [0.1, 0.15) is 5.75 Å². The number of phenolic OH excluding ortho intramolecular Hbond substituents is 1. The third kappa shape index (κ3) is 1.93. The number of aromatic hydroxyl groups is 1. The highest BCUT2D eigenvalue weighted by Gasteiger charge is 2.41. The molecule has 0 spiro atoms. The number of aliphatic hydroxyl groups excluding tert-OH is 1. The summed E-state index contributed by atoms with van der Waals surface area (Å²) in [5, 5.41) is 18.5. The highest BCUT2D eigenvalue weighted by Crippen LogP contribution is 2.48. The molecule has 0 bridgehead atoms. The van der Waals surface area contributed by atoms with Crippen LogP contribution in [0.3, 0.4) is 0 Å². The third-order valence-corrected chi connectivity index (χ3v) is 3.52. The van der Waals surface area contributed by atoms with Crippen LogP contribution in [-0.4, -0.2) is 16.8 Å². The van der Waals surface area contributed by atoms with E-state index in [4.69, 9.17) is 0 Å². The summed E-state index contributed by atoms with van der Waals surface area (Å²) in [6.07, 6.45) is 3.13. The fourth-order valence-corrected chi connectivity index (χ4v) is 2.09. The Balaban J connectivity index is 2.14. The fraction of sp³-hybridized carbons (Fsp3) is 0.455. The van der Waals surface area contributed by atoms with Crippen LogP contribution in [0.5, 0.6) is 5.75 Å². The van der Waals surface area contributed by atoms with E-state index >= 15 is 0 Å². The van der Waals surface area contributed by atoms with Crippen LogP contribution in [-0.2, 0) is 6.42 Å². The predicted octanol–water partition coefficient (Wildman–Crippen LogP) is 2.47. The zero-order valence-corrected chi connectivity index (χ0v) is 9.42. The molecule has 0 saturated heterocycles. The number of rotatable bonds is 3. The summed E-state index contributed by atoms with van der Waals surface area (Å²) in [5.41, 5.74) is 1.30. The largest absolute Gasteiger partial charge is 0.507 e. The minimum absolute atomic E-state index is 0.135. The molecule has 0 heterocycles. The molecule has 1 fully saturated rings. The molecule has 0 unspecified atom stereocenters. The maximum atomic E-state index is 9.32. The molecule has 0 aliphatic heterocycles. The molecule has 0 radical (unpaired) electrons. The van der Waals surface area contributed by atoms with E-state index in [0.717, 1.165) is 23.7 Å². The molecule has 1 aromatic carbocycles. The molecule has 2 N–H and O–H groups in total. The van der Waals surface area contributed by atoms with Gasteiger partial charge < -0.3 is 10.2 Å². The van der Waals surface area contributed by atoms with Crippen LogP contribution >= 0.6 is 15.9 Å². The SMILES string of the molecule is OCC1(Cc2ccc(O)c(Br)c2)CC1. The van der Waals surface area contributed by atoms with Crippen molar-refractivity contribution in [2.45, 2.75) is 19.3 Å². The van der Waals surface area contributed by atoms with E-state index < -0.39 is 0 Å². The van der Waals surface area contributed by atoms with Crippen molar-refractivity contribution in [2.75, 3.05) is 6.61 Å². The number of hydrogen-bond donors (Lipinski definition) is 2. The second-order valence-electron chi connectivity index (χ2n) is 4.12. The van der Waals surface area contributed by atoms with Crippen LogP contribution in [0.2, 0.25) is 0 Å². The molecule has 2 rings (SSSR count). The molecule has 0 atom stereocenters. The normalized spacial score (nSPS) is 18.1. The number of benzene rings is 1. The first kappa shape index (κ1) is 9.99. The smallest absolute Gasteiger partial charge is 0.129 e. The van der Waals surface area contributed by atoms with Gasteiger partial charge in [0, 0.05) is 6.61 Å². The van der Waals surface area contributed by atoms with Crippen molar-refractivity contribution >= 4 is 15.9 Å². The molecule has 3 heteroatoms. The van der Waals surface area contributed by atoms with E-state index in [1.165, 1.54) is 5.56 Å². The number of hydrogen-bond acceptors (Lipinski definition) is 2. The monoisotopic (exact) mass is 256 g/mol. The van der Waals surface area contributed by atoms with E-state index in [-0.39, 0.29) is 17.8 Å². The number of aliphatic hydroxyl groups is 1. The van der Waals surface area contributed by atoms with Gasteiger partial charge in [-0.1, -0.05) is 6.07 Å². The average molecular weight is 257 g/mol. The highest BCUT2D eigenvalue weighted by atomic mass is 79.9. The van der Waals surface area contributed by atoms with Gasteiger partial charge in [-0.15, -0.1) is 0 Å². The number of phenols is 1. The molecule has 1 aliphatic rings. The van der Waals surface area contributed by atoms with E-state index in [2.05, 4.69) is 15.9 Å². The van der Waals surface area contributed by atoms with Gasteiger partial charge in [-0.2, -0.15) is 0 Å². The zero-order chi connectivity index (χ0) is 10.2. The van der Waals surface area contributed by atoms with E-state index in [9.17, 15) is 10.2 Å². The first-order valence-corrected chi connectivity index (χ1v) is 5.53. The van der Waals surface area contributed by atoms with Crippen LogP contribution in [0.1, 0.15) is 18.4 Å². The Morgan fingerprint density at radius 3 is 2.57 bits per heavy atom. The van der Waals surface area contributed by atoms with E-state index in [1.54, 1.807) is 6.07 Å². The molecule has 0 aromatic heterocycles. The van der Waals surface area contributed by atoms with Crippen molar-refractivity contribution in [3.8, 4) is 5.75 Å². The van der Waals surface area contributed by atoms with Gasteiger partial charge in [-0.05, 0) is 58.3 Å². The average Bonchev–Trinajstić information content (AvgIpc) is 2.93. The minimum atomic E-state index is 0.135. The summed E-state index contributed by atoms with van der Waals surface area (Å²) in [5.74, 6) is 0.266. The van der Waals surface area contributed by atoms with Gasteiger partial charge in [0.05, 0.1) is 4.47 Å². The molecule has 0 amide bonds. The fourth-order valence-electron chi connectivity index (χ4n) is 1.66. The Hall–Kier alpha value is -0.540. The highest BCUT2D eigenvalue weighted by molar-refractivity contribution is 9.10. The standard InChI is InChI=1S/C11H13BrO2/c12-9-5-8(1-2-10(9)14)6-11(7-13)3-4-11/h1-2,5,13-14H,3-4,6-7H2. The van der Waals surface area contributed by atoms with Crippen LogP contribution in [0, 0.1) is 5.41 Å². The van der Waals surface area contributed by atoms with E-state index in [1.807, 2.05) is 12.1 Å². The third-order valence-electron chi connectivity index (χ3n) is 2.88. The summed E-state index contributed by atoms with van der Waals surface area (Å²) in [4.78, 5) is 0. The van der Waals surface area contributed by atoms with Crippen LogP contribution in [0.15, 0.2) is 22.7 Å². The Bertz CT molecular complexity index is 345. The zero-order valence-electron chi connectivity index (χ0n) is 7.83. The van der Waals surface area contributed by atoms with Crippen molar-refractivity contribution in [3.63, 3.8) is 0 Å². The lowest BCUT2D eigenvalue weighted by molar-refractivity contribution is 0.211. The van der Waals surface area contributed by atoms with Gasteiger partial charge in [0.25, 0.3) is 0 Å². The molecule has 2 nitrogen and oxygen atoms in total. The second-order valence-corrected chi connectivity index (χ2v) is 4.97. The Labute approximate surface area is 91.7 Å². The molecule has 76 valence electrons. The molecule has 1 saturated carbocycles. The maximum Gasteiger partial charge on any atom is 0.129 e. The first-order chi connectivity index (χ1) is 6.65. The molecule has 1 aromatic rings. The Morgan fingerprint density at radius 2 is 2.07 bits per heavy atom. The van der Waals surface area contributed by atoms with Crippen molar-refractivity contribution in [2.24, 2.45) is 5.41 Å². The van der Waals surface area contributed by atoms with Gasteiger partial charge >= 0.3 is 0 Å². The van der Waals surface area contributed by atoms with Gasteiger partial charge in [0.15, 0.2) is 0 Å². The van der Waals surface area contributed by atoms with Crippen LogP contribution < -0.4 is 0 Å². The lowest BCUT2D eigenvalue weighted by atomic mass is 9.97. The number of halogens is 1. The lowest BCUT2D eigenvalue weighted by Gasteiger charge is -2.11. The van der Waals surface area contributed by atoms with Crippen molar-refractivity contribution in [1.82, 2.24) is 0 Å². The predicted molar refractivity (Wildman–Crippen MR) is 58.3 cm³/mol. The lowest BCUT2D eigenvalue weighted by Crippen LogP contribution is -2.09. The van der Waals surface area contributed by atoms with Crippen molar-refractivity contribution in [1.29, 1.82) is 0 Å². The van der Waals surface area contributed by atoms with Gasteiger partial charge in [-0.25, -0.2) is 0 Å². The van der Waals surface area contributed by atoms with Crippen molar-refractivity contribution < 1.29 is 10.2 Å².